The van der Waals surface area contributed by atoms with Gasteiger partial charge in [-0.3, -0.25) is 19.5 Å². The van der Waals surface area contributed by atoms with E-state index in [1.54, 1.807) is 23.5 Å². The lowest BCUT2D eigenvalue weighted by atomic mass is 10.0. The van der Waals surface area contributed by atoms with Crippen LogP contribution < -0.4 is 0 Å². The Labute approximate surface area is 288 Å². The Hall–Kier alpha value is -5.55. The molecule has 2 amide bonds. The Morgan fingerprint density at radius 2 is 1.54 bits per heavy atom. The van der Waals surface area contributed by atoms with E-state index in [0.29, 0.717) is 37.6 Å². The van der Waals surface area contributed by atoms with Gasteiger partial charge in [-0.25, -0.2) is 4.98 Å². The number of carbonyl (C=O) groups excluding carboxylic acids is 2. The summed E-state index contributed by atoms with van der Waals surface area (Å²) < 4.78 is 39.4. The molecule has 3 heterocycles. The number of amides is 2. The monoisotopic (exact) mass is 678 g/mol. The van der Waals surface area contributed by atoms with Gasteiger partial charge in [0.2, 0.25) is 11.8 Å². The van der Waals surface area contributed by atoms with Crippen LogP contribution in [-0.4, -0.2) is 73.7 Å². The number of benzene rings is 3. The van der Waals surface area contributed by atoms with E-state index < -0.39 is 23.7 Å². The fourth-order valence-corrected chi connectivity index (χ4v) is 6.00. The molecule has 256 valence electrons. The quantitative estimate of drug-likeness (QED) is 0.162. The molecule has 11 heteroatoms. The molecule has 1 N–H and O–H groups in total. The molecule has 50 heavy (non-hydrogen) atoms. The molecule has 1 fully saturated rings. The largest absolute Gasteiger partial charge is 0.416 e. The van der Waals surface area contributed by atoms with Crippen LogP contribution in [0.25, 0.3) is 17.3 Å². The molecule has 0 bridgehead atoms. The summed E-state index contributed by atoms with van der Waals surface area (Å²) >= 11 is 0. The van der Waals surface area contributed by atoms with Gasteiger partial charge in [0.15, 0.2) is 0 Å². The predicted octanol–water partition coefficient (Wildman–Crippen LogP) is 6.49. The van der Waals surface area contributed by atoms with Crippen molar-refractivity contribution in [3.05, 3.63) is 150 Å². The topological polar surface area (TPSA) is 85.4 Å². The van der Waals surface area contributed by atoms with E-state index >= 15 is 0 Å². The molecule has 1 aliphatic rings. The maximum absolute atomic E-state index is 14.4. The van der Waals surface area contributed by atoms with Gasteiger partial charge in [0, 0.05) is 75.9 Å². The summed E-state index contributed by atoms with van der Waals surface area (Å²) in [5, 5.41) is 0. The number of alkyl halides is 3. The highest BCUT2D eigenvalue weighted by atomic mass is 19.4. The molecule has 0 radical (unpaired) electrons. The van der Waals surface area contributed by atoms with Crippen LogP contribution in [0.1, 0.15) is 28.1 Å². The third-order valence-corrected chi connectivity index (χ3v) is 8.74. The van der Waals surface area contributed by atoms with Gasteiger partial charge in [-0.05, 0) is 47.0 Å². The average molecular weight is 679 g/mol. The van der Waals surface area contributed by atoms with Crippen LogP contribution in [0.4, 0.5) is 13.2 Å². The molecule has 2 aromatic heterocycles. The minimum absolute atomic E-state index is 0.115. The molecular formula is C39H37F3N6O2. The first-order valence-corrected chi connectivity index (χ1v) is 16.4. The van der Waals surface area contributed by atoms with E-state index in [-0.39, 0.29) is 18.9 Å². The number of nitrogens with zero attached hydrogens (tertiary/aromatic N) is 5. The van der Waals surface area contributed by atoms with Gasteiger partial charge >= 0.3 is 6.18 Å². The zero-order valence-electron chi connectivity index (χ0n) is 27.3. The Kier molecular flexibility index (Phi) is 10.8. The maximum atomic E-state index is 14.4. The predicted molar refractivity (Wildman–Crippen MR) is 185 cm³/mol. The number of halogens is 3. The third-order valence-electron chi connectivity index (χ3n) is 8.74. The van der Waals surface area contributed by atoms with Gasteiger partial charge < -0.3 is 14.8 Å². The number of pyridine rings is 1. The van der Waals surface area contributed by atoms with E-state index in [1.807, 2.05) is 60.7 Å². The SMILES string of the molecule is O=C([C@H](Cc1ncc[nH]1)N(Cc1ccc(-c2ccccn2)cc1)C(=O)/C=C/c1ccc(C(F)(F)F)cc1)N1CCN(Cc2ccccc2)CC1. The first-order chi connectivity index (χ1) is 24.2. The number of carbonyl (C=O) groups is 2. The number of rotatable bonds is 11. The van der Waals surface area contributed by atoms with Crippen LogP contribution in [0, 0.1) is 0 Å². The summed E-state index contributed by atoms with van der Waals surface area (Å²) in [6.45, 7) is 3.27. The number of nitrogens with one attached hydrogen (secondary N) is 1. The molecule has 0 aliphatic carbocycles. The first-order valence-electron chi connectivity index (χ1n) is 16.4. The summed E-state index contributed by atoms with van der Waals surface area (Å²) in [6, 6.07) is 27.2. The summed E-state index contributed by atoms with van der Waals surface area (Å²) in [5.41, 5.74) is 3.37. The van der Waals surface area contributed by atoms with Crippen molar-refractivity contribution in [3.63, 3.8) is 0 Å². The van der Waals surface area contributed by atoms with Crippen LogP contribution in [0.2, 0.25) is 0 Å². The number of aromatic nitrogens is 3. The fourth-order valence-electron chi connectivity index (χ4n) is 6.00. The Morgan fingerprint density at radius 3 is 2.18 bits per heavy atom. The van der Waals surface area contributed by atoms with Crippen molar-refractivity contribution in [2.24, 2.45) is 0 Å². The standard InChI is InChI=1S/C39H37F3N6O2/c40-39(41,42)33-16-11-29(12-17-33)13-18-37(49)48(28-31-9-14-32(15-10-31)34-8-4-5-19-43-34)35(26-36-44-20-21-45-36)38(50)47-24-22-46(23-25-47)27-30-6-2-1-3-7-30/h1-21,35H,22-28H2,(H,44,45)/b18-13+/t35-/m0/s1. The molecule has 1 atom stereocenters. The minimum Gasteiger partial charge on any atom is -0.349 e. The van der Waals surface area contributed by atoms with Gasteiger partial charge in [0.05, 0.1) is 11.3 Å². The zero-order chi connectivity index (χ0) is 34.9. The zero-order valence-corrected chi connectivity index (χ0v) is 27.3. The molecule has 0 unspecified atom stereocenters. The average Bonchev–Trinajstić information content (AvgIpc) is 3.66. The number of imidazole rings is 1. The smallest absolute Gasteiger partial charge is 0.349 e. The van der Waals surface area contributed by atoms with E-state index in [4.69, 9.17) is 0 Å². The van der Waals surface area contributed by atoms with Crippen molar-refractivity contribution >= 4 is 17.9 Å². The van der Waals surface area contributed by atoms with Crippen LogP contribution in [0.15, 0.2) is 122 Å². The summed E-state index contributed by atoms with van der Waals surface area (Å²) in [4.78, 5) is 46.0. The molecule has 3 aromatic carbocycles. The Bertz CT molecular complexity index is 1860. The maximum Gasteiger partial charge on any atom is 0.416 e. The van der Waals surface area contributed by atoms with Crippen molar-refractivity contribution < 1.29 is 22.8 Å². The molecule has 0 saturated carbocycles. The van der Waals surface area contributed by atoms with Gasteiger partial charge in [0.25, 0.3) is 0 Å². The molecule has 1 aliphatic heterocycles. The van der Waals surface area contributed by atoms with Crippen LogP contribution >= 0.6 is 0 Å². The summed E-state index contributed by atoms with van der Waals surface area (Å²) in [7, 11) is 0. The lowest BCUT2D eigenvalue weighted by molar-refractivity contribution is -0.145. The van der Waals surface area contributed by atoms with E-state index in [2.05, 4.69) is 32.0 Å². The molecule has 1 saturated heterocycles. The number of hydrogen-bond acceptors (Lipinski definition) is 5. The van der Waals surface area contributed by atoms with E-state index in [9.17, 15) is 22.8 Å². The lowest BCUT2D eigenvalue weighted by Gasteiger charge is -2.39. The number of piperazine rings is 1. The molecule has 5 aromatic rings. The van der Waals surface area contributed by atoms with Gasteiger partial charge in [-0.2, -0.15) is 13.2 Å². The third kappa shape index (κ3) is 8.91. The lowest BCUT2D eigenvalue weighted by Crippen LogP contribution is -2.56. The van der Waals surface area contributed by atoms with Crippen molar-refractivity contribution in [1.29, 1.82) is 0 Å². The molecule has 8 nitrogen and oxygen atoms in total. The van der Waals surface area contributed by atoms with Crippen molar-refractivity contribution in [2.75, 3.05) is 26.2 Å². The van der Waals surface area contributed by atoms with Crippen molar-refractivity contribution in [3.8, 4) is 11.3 Å². The second-order valence-corrected chi connectivity index (χ2v) is 12.2. The normalized spacial score (nSPS) is 14.5. The fraction of sp³-hybridized carbons (Fsp3) is 0.231. The number of aromatic amines is 1. The van der Waals surface area contributed by atoms with Gasteiger partial charge in [-0.15, -0.1) is 0 Å². The summed E-state index contributed by atoms with van der Waals surface area (Å²) in [6.07, 6.45) is 3.47. The molecule has 6 rings (SSSR count). The van der Waals surface area contributed by atoms with Crippen LogP contribution in [-0.2, 0) is 35.3 Å². The van der Waals surface area contributed by atoms with Gasteiger partial charge in [-0.1, -0.05) is 72.8 Å². The van der Waals surface area contributed by atoms with Crippen molar-refractivity contribution in [1.82, 2.24) is 29.7 Å². The van der Waals surface area contributed by atoms with Crippen molar-refractivity contribution in [2.45, 2.75) is 31.7 Å². The summed E-state index contributed by atoms with van der Waals surface area (Å²) in [5.74, 6) is -0.0884. The highest BCUT2D eigenvalue weighted by Crippen LogP contribution is 2.29. The highest BCUT2D eigenvalue weighted by Gasteiger charge is 2.35. The second-order valence-electron chi connectivity index (χ2n) is 12.2. The van der Waals surface area contributed by atoms with Gasteiger partial charge in [0.1, 0.15) is 11.9 Å². The van der Waals surface area contributed by atoms with Crippen LogP contribution in [0.3, 0.4) is 0 Å². The first kappa shape index (κ1) is 34.3. The number of hydrogen-bond donors (Lipinski definition) is 1. The highest BCUT2D eigenvalue weighted by molar-refractivity contribution is 5.95. The van der Waals surface area contributed by atoms with E-state index in [0.717, 1.165) is 35.5 Å². The Balaban J connectivity index is 1.26. The molecule has 0 spiro atoms. The second kappa shape index (κ2) is 15.8. The van der Waals surface area contributed by atoms with E-state index in [1.165, 1.54) is 34.7 Å². The van der Waals surface area contributed by atoms with Crippen LogP contribution in [0.5, 0.6) is 0 Å². The molecular weight excluding hydrogens is 641 g/mol. The number of H-pyrrole nitrogens is 1. The Morgan fingerprint density at radius 1 is 0.820 bits per heavy atom. The minimum atomic E-state index is -4.46.